The number of aryl methyl sites for hydroxylation is 1. The van der Waals surface area contributed by atoms with Gasteiger partial charge in [0, 0.05) is 24.0 Å². The fourth-order valence-electron chi connectivity index (χ4n) is 3.71. The normalized spacial score (nSPS) is 17.1. The van der Waals surface area contributed by atoms with Crippen molar-refractivity contribution in [2.75, 3.05) is 13.2 Å². The van der Waals surface area contributed by atoms with Gasteiger partial charge in [-0.3, -0.25) is 4.79 Å². The predicted molar refractivity (Wildman–Crippen MR) is 108 cm³/mol. The van der Waals surface area contributed by atoms with E-state index in [0.29, 0.717) is 29.6 Å². The maximum atomic E-state index is 11.5. The van der Waals surface area contributed by atoms with Crippen molar-refractivity contribution in [1.29, 1.82) is 0 Å². The second kappa shape index (κ2) is 7.66. The van der Waals surface area contributed by atoms with E-state index in [9.17, 15) is 15.0 Å². The molecule has 0 radical (unpaired) electrons. The van der Waals surface area contributed by atoms with Gasteiger partial charge in [-0.25, -0.2) is 0 Å². The lowest BCUT2D eigenvalue weighted by molar-refractivity contribution is 0.158. The van der Waals surface area contributed by atoms with E-state index in [4.69, 9.17) is 4.74 Å². The Morgan fingerprint density at radius 1 is 1.25 bits per heavy atom. The predicted octanol–water partition coefficient (Wildman–Crippen LogP) is 2.42. The smallest absolute Gasteiger partial charge is 0.248 e. The largest absolute Gasteiger partial charge is 0.506 e. The van der Waals surface area contributed by atoms with Gasteiger partial charge in [-0.1, -0.05) is 25.1 Å². The van der Waals surface area contributed by atoms with Crippen molar-refractivity contribution in [3.05, 3.63) is 69.5 Å². The molecule has 6 heteroatoms. The first-order valence-electron chi connectivity index (χ1n) is 9.56. The van der Waals surface area contributed by atoms with Crippen molar-refractivity contribution in [3.8, 4) is 11.5 Å². The zero-order valence-electron chi connectivity index (χ0n) is 15.7. The van der Waals surface area contributed by atoms with E-state index in [1.54, 1.807) is 12.1 Å². The van der Waals surface area contributed by atoms with Crippen molar-refractivity contribution in [3.63, 3.8) is 0 Å². The number of aromatic amines is 1. The first-order valence-corrected chi connectivity index (χ1v) is 9.56. The van der Waals surface area contributed by atoms with Gasteiger partial charge in [-0.15, -0.1) is 0 Å². The Bertz CT molecular complexity index is 1060. The van der Waals surface area contributed by atoms with Crippen LogP contribution in [0, 0.1) is 0 Å². The SMILES string of the molecule is CCc1ccc2c(c1)OCC(NC[C@H](O)c1ccc(O)c3[nH]c(=O)ccc13)C2. The summed E-state index contributed by atoms with van der Waals surface area (Å²) in [5.74, 6) is 0.937. The van der Waals surface area contributed by atoms with Crippen LogP contribution in [0.25, 0.3) is 10.9 Å². The Hall–Kier alpha value is -2.83. The van der Waals surface area contributed by atoms with Gasteiger partial charge in [0.15, 0.2) is 0 Å². The zero-order valence-corrected chi connectivity index (χ0v) is 15.7. The summed E-state index contributed by atoms with van der Waals surface area (Å²) in [6, 6.07) is 12.6. The lowest BCUT2D eigenvalue weighted by Crippen LogP contribution is -2.41. The number of benzene rings is 2. The number of H-pyrrole nitrogens is 1. The van der Waals surface area contributed by atoms with Crippen LogP contribution < -0.4 is 15.6 Å². The van der Waals surface area contributed by atoms with E-state index < -0.39 is 6.10 Å². The average molecular weight is 380 g/mol. The third-order valence-electron chi connectivity index (χ3n) is 5.31. The number of aliphatic hydroxyl groups excluding tert-OH is 1. The third kappa shape index (κ3) is 3.61. The van der Waals surface area contributed by atoms with Crippen LogP contribution in [0.2, 0.25) is 0 Å². The fraction of sp³-hybridized carbons (Fsp3) is 0.318. The minimum atomic E-state index is -0.780. The van der Waals surface area contributed by atoms with E-state index >= 15 is 0 Å². The van der Waals surface area contributed by atoms with Gasteiger partial charge >= 0.3 is 0 Å². The molecule has 28 heavy (non-hydrogen) atoms. The summed E-state index contributed by atoms with van der Waals surface area (Å²) in [6.07, 6.45) is 1.05. The number of aromatic hydroxyl groups is 1. The molecule has 146 valence electrons. The second-order valence-corrected chi connectivity index (χ2v) is 7.22. The Kier molecular flexibility index (Phi) is 5.07. The molecule has 4 N–H and O–H groups in total. The standard InChI is InChI=1S/C22H24N2O4/c1-2-13-3-4-14-10-15(12-28-20(14)9-13)23-11-19(26)16-5-7-18(25)22-17(16)6-8-21(27)24-22/h3-9,15,19,23,25-26H,2,10-12H2,1H3,(H,24,27)/t15?,19-/m0/s1. The van der Waals surface area contributed by atoms with Crippen molar-refractivity contribution in [1.82, 2.24) is 10.3 Å². The molecule has 1 aliphatic rings. The Balaban J connectivity index is 1.46. The van der Waals surface area contributed by atoms with Crippen LogP contribution in [0.3, 0.4) is 0 Å². The molecule has 2 atom stereocenters. The summed E-state index contributed by atoms with van der Waals surface area (Å²) in [7, 11) is 0. The highest BCUT2D eigenvalue weighted by Crippen LogP contribution is 2.29. The topological polar surface area (TPSA) is 94.6 Å². The van der Waals surface area contributed by atoms with Crippen molar-refractivity contribution in [2.45, 2.75) is 31.9 Å². The molecule has 3 aromatic rings. The molecule has 0 fully saturated rings. The van der Waals surface area contributed by atoms with Crippen LogP contribution in [0.5, 0.6) is 11.5 Å². The highest BCUT2D eigenvalue weighted by atomic mass is 16.5. The molecule has 0 aliphatic carbocycles. The number of pyridine rings is 1. The number of hydrogen-bond donors (Lipinski definition) is 4. The molecule has 0 saturated carbocycles. The van der Waals surface area contributed by atoms with Gasteiger partial charge in [-0.05, 0) is 47.7 Å². The fourth-order valence-corrected chi connectivity index (χ4v) is 3.71. The van der Waals surface area contributed by atoms with Crippen molar-refractivity contribution >= 4 is 10.9 Å². The summed E-state index contributed by atoms with van der Waals surface area (Å²) >= 11 is 0. The van der Waals surface area contributed by atoms with E-state index in [-0.39, 0.29) is 17.4 Å². The van der Waals surface area contributed by atoms with Gasteiger partial charge in [0.05, 0.1) is 11.6 Å². The molecule has 0 bridgehead atoms. The van der Waals surface area contributed by atoms with Crippen LogP contribution in [0.4, 0.5) is 0 Å². The Morgan fingerprint density at radius 3 is 2.93 bits per heavy atom. The van der Waals surface area contributed by atoms with E-state index in [1.807, 2.05) is 0 Å². The molecule has 2 aromatic carbocycles. The minimum absolute atomic E-state index is 0.0136. The maximum absolute atomic E-state index is 11.5. The van der Waals surface area contributed by atoms with Crippen LogP contribution in [0.15, 0.2) is 47.3 Å². The number of rotatable bonds is 5. The van der Waals surface area contributed by atoms with Crippen molar-refractivity contribution < 1.29 is 14.9 Å². The first kappa shape index (κ1) is 18.5. The zero-order chi connectivity index (χ0) is 19.7. The first-order chi connectivity index (χ1) is 13.5. The van der Waals surface area contributed by atoms with Gasteiger partial charge in [0.1, 0.15) is 18.1 Å². The number of phenols is 1. The number of nitrogens with one attached hydrogen (secondary N) is 2. The Morgan fingerprint density at radius 2 is 2.11 bits per heavy atom. The molecule has 0 amide bonds. The highest BCUT2D eigenvalue weighted by molar-refractivity contribution is 5.87. The van der Waals surface area contributed by atoms with Crippen LogP contribution in [-0.2, 0) is 12.8 Å². The molecule has 0 saturated heterocycles. The van der Waals surface area contributed by atoms with Crippen LogP contribution in [-0.4, -0.2) is 34.4 Å². The number of fused-ring (bicyclic) bond motifs is 2. The van der Waals surface area contributed by atoms with Crippen LogP contribution in [0.1, 0.15) is 29.7 Å². The van der Waals surface area contributed by atoms with Gasteiger partial charge in [0.25, 0.3) is 0 Å². The number of ether oxygens (including phenoxy) is 1. The average Bonchev–Trinajstić information content (AvgIpc) is 2.72. The summed E-state index contributed by atoms with van der Waals surface area (Å²) in [5.41, 5.74) is 3.13. The number of aliphatic hydroxyl groups is 1. The summed E-state index contributed by atoms with van der Waals surface area (Å²) in [5, 5.41) is 24.7. The summed E-state index contributed by atoms with van der Waals surface area (Å²) in [4.78, 5) is 14.2. The van der Waals surface area contributed by atoms with Crippen LogP contribution >= 0.6 is 0 Å². The number of aromatic nitrogens is 1. The highest BCUT2D eigenvalue weighted by Gasteiger charge is 2.21. The third-order valence-corrected chi connectivity index (χ3v) is 5.31. The number of phenolic OH excluding ortho intramolecular Hbond substituents is 1. The Labute approximate surface area is 162 Å². The molecule has 4 rings (SSSR count). The lowest BCUT2D eigenvalue weighted by atomic mass is 9.99. The molecule has 1 aliphatic heterocycles. The molecular formula is C22H24N2O4. The monoisotopic (exact) mass is 380 g/mol. The van der Waals surface area contributed by atoms with E-state index in [1.165, 1.54) is 23.3 Å². The number of hydrogen-bond acceptors (Lipinski definition) is 5. The quantitative estimate of drug-likeness (QED) is 0.545. The second-order valence-electron chi connectivity index (χ2n) is 7.22. The summed E-state index contributed by atoms with van der Waals surface area (Å²) in [6.45, 7) is 3.02. The van der Waals surface area contributed by atoms with Gasteiger partial charge < -0.3 is 25.3 Å². The molecule has 2 heterocycles. The lowest BCUT2D eigenvalue weighted by Gasteiger charge is -2.27. The minimum Gasteiger partial charge on any atom is -0.506 e. The summed E-state index contributed by atoms with van der Waals surface area (Å²) < 4.78 is 5.90. The molecule has 1 unspecified atom stereocenters. The molecule has 1 aromatic heterocycles. The van der Waals surface area contributed by atoms with Crippen molar-refractivity contribution in [2.24, 2.45) is 0 Å². The molecule has 6 nitrogen and oxygen atoms in total. The van der Waals surface area contributed by atoms with Gasteiger partial charge in [-0.2, -0.15) is 0 Å². The van der Waals surface area contributed by atoms with Gasteiger partial charge in [0.2, 0.25) is 5.56 Å². The van der Waals surface area contributed by atoms with E-state index in [2.05, 4.69) is 35.4 Å². The molecular weight excluding hydrogens is 356 g/mol. The maximum Gasteiger partial charge on any atom is 0.248 e. The molecule has 0 spiro atoms. The van der Waals surface area contributed by atoms with E-state index in [0.717, 1.165) is 18.6 Å².